The van der Waals surface area contributed by atoms with Crippen LogP contribution in [-0.2, 0) is 10.0 Å². The minimum Gasteiger partial charge on any atom is -0.384 e. The van der Waals surface area contributed by atoms with Gasteiger partial charge in [-0.15, -0.1) is 0 Å². The topological polar surface area (TPSA) is 66.4 Å². The van der Waals surface area contributed by atoms with Crippen molar-refractivity contribution in [2.75, 3.05) is 13.2 Å². The van der Waals surface area contributed by atoms with Crippen LogP contribution in [0.4, 0.5) is 0 Å². The van der Waals surface area contributed by atoms with E-state index >= 15 is 0 Å². The molecule has 114 valence electrons. The van der Waals surface area contributed by atoms with Gasteiger partial charge >= 0.3 is 0 Å². The van der Waals surface area contributed by atoms with E-state index in [0.29, 0.717) is 18.0 Å². The Morgan fingerprint density at radius 3 is 2.48 bits per heavy atom. The lowest BCUT2D eigenvalue weighted by atomic mass is 10.1. The van der Waals surface area contributed by atoms with Crippen LogP contribution in [0.25, 0.3) is 0 Å². The third-order valence-electron chi connectivity index (χ3n) is 3.80. The summed E-state index contributed by atoms with van der Waals surface area (Å²) >= 11 is 0. The number of benzene rings is 1. The highest BCUT2D eigenvalue weighted by atomic mass is 32.2. The van der Waals surface area contributed by atoms with Gasteiger partial charge in [0.25, 0.3) is 0 Å². The van der Waals surface area contributed by atoms with Gasteiger partial charge in [0.1, 0.15) is 6.61 Å². The van der Waals surface area contributed by atoms with E-state index in [0.717, 1.165) is 6.42 Å². The van der Waals surface area contributed by atoms with Crippen molar-refractivity contribution >= 4 is 10.0 Å². The predicted molar refractivity (Wildman–Crippen MR) is 82.2 cm³/mol. The number of sulfonamides is 1. The van der Waals surface area contributed by atoms with Crippen LogP contribution in [0.1, 0.15) is 37.7 Å². The summed E-state index contributed by atoms with van der Waals surface area (Å²) in [4.78, 5) is 0.253. The zero-order valence-corrected chi connectivity index (χ0v) is 12.8. The molecule has 4 nitrogen and oxygen atoms in total. The van der Waals surface area contributed by atoms with Crippen LogP contribution in [-0.4, -0.2) is 26.7 Å². The van der Waals surface area contributed by atoms with Crippen molar-refractivity contribution in [1.29, 1.82) is 0 Å². The lowest BCUT2D eigenvalue weighted by molar-refractivity contribution is 0.350. The summed E-state index contributed by atoms with van der Waals surface area (Å²) in [5.41, 5.74) is 0.689. The molecule has 2 N–H and O–H groups in total. The highest BCUT2D eigenvalue weighted by molar-refractivity contribution is 7.89. The predicted octanol–water partition coefficient (Wildman–Crippen LogP) is 1.89. The Labute approximate surface area is 126 Å². The number of rotatable bonds is 5. The van der Waals surface area contributed by atoms with Crippen LogP contribution in [0.15, 0.2) is 29.2 Å². The molecule has 0 spiro atoms. The molecule has 0 aromatic heterocycles. The largest absolute Gasteiger partial charge is 0.384 e. The third-order valence-corrected chi connectivity index (χ3v) is 5.27. The quantitative estimate of drug-likeness (QED) is 0.816. The number of hydrogen-bond acceptors (Lipinski definition) is 3. The van der Waals surface area contributed by atoms with Crippen molar-refractivity contribution in [2.45, 2.75) is 37.0 Å². The van der Waals surface area contributed by atoms with Gasteiger partial charge in [0.15, 0.2) is 0 Å². The molecular formula is C16H21NO3S. The first-order chi connectivity index (χ1) is 10.1. The van der Waals surface area contributed by atoms with E-state index in [4.69, 9.17) is 5.11 Å². The SMILES string of the molecule is O=S(=O)(NCCC1CCCC1)c1ccc(C#CCO)cc1. The normalized spacial score (nSPS) is 15.7. The molecule has 1 aliphatic rings. The van der Waals surface area contributed by atoms with Gasteiger partial charge in [-0.25, -0.2) is 13.1 Å². The summed E-state index contributed by atoms with van der Waals surface area (Å²) in [6.07, 6.45) is 5.90. The molecule has 0 saturated heterocycles. The zero-order valence-electron chi connectivity index (χ0n) is 12.0. The standard InChI is InChI=1S/C16H21NO3S/c18-13-3-6-15-7-9-16(10-8-15)21(19,20)17-12-11-14-4-1-2-5-14/h7-10,14,17-18H,1-2,4-5,11-13H2. The van der Waals surface area contributed by atoms with Crippen LogP contribution >= 0.6 is 0 Å². The van der Waals surface area contributed by atoms with E-state index in [1.54, 1.807) is 24.3 Å². The second-order valence-corrected chi connectivity index (χ2v) is 7.09. The highest BCUT2D eigenvalue weighted by Crippen LogP contribution is 2.27. The second-order valence-electron chi connectivity index (χ2n) is 5.32. The zero-order chi connectivity index (χ0) is 15.1. The van der Waals surface area contributed by atoms with Gasteiger partial charge in [-0.1, -0.05) is 37.5 Å². The van der Waals surface area contributed by atoms with Gasteiger partial charge in [0.2, 0.25) is 10.0 Å². The molecule has 1 fully saturated rings. The smallest absolute Gasteiger partial charge is 0.240 e. The fourth-order valence-corrected chi connectivity index (χ4v) is 3.69. The average Bonchev–Trinajstić information content (AvgIpc) is 2.98. The molecule has 1 saturated carbocycles. The number of hydrogen-bond donors (Lipinski definition) is 2. The molecule has 1 aliphatic carbocycles. The molecule has 0 amide bonds. The van der Waals surface area contributed by atoms with Crippen LogP contribution in [0.2, 0.25) is 0 Å². The van der Waals surface area contributed by atoms with E-state index in [-0.39, 0.29) is 11.5 Å². The summed E-state index contributed by atoms with van der Waals surface area (Å²) in [5, 5.41) is 8.62. The molecule has 5 heteroatoms. The van der Waals surface area contributed by atoms with Gasteiger partial charge in [0, 0.05) is 12.1 Å². The molecule has 1 aromatic rings. The Morgan fingerprint density at radius 2 is 1.86 bits per heavy atom. The summed E-state index contributed by atoms with van der Waals surface area (Å²) in [6.45, 7) is 0.293. The van der Waals surface area contributed by atoms with E-state index in [9.17, 15) is 8.42 Å². The number of nitrogens with one attached hydrogen (secondary N) is 1. The van der Waals surface area contributed by atoms with Crippen molar-refractivity contribution in [3.63, 3.8) is 0 Å². The summed E-state index contributed by atoms with van der Waals surface area (Å²) in [7, 11) is -3.44. The van der Waals surface area contributed by atoms with Crippen LogP contribution in [0.5, 0.6) is 0 Å². The first-order valence-corrected chi connectivity index (χ1v) is 8.79. The van der Waals surface area contributed by atoms with Crippen molar-refractivity contribution in [2.24, 2.45) is 5.92 Å². The van der Waals surface area contributed by atoms with Gasteiger partial charge < -0.3 is 5.11 Å². The summed E-state index contributed by atoms with van der Waals surface area (Å²) < 4.78 is 26.9. The summed E-state index contributed by atoms with van der Waals surface area (Å²) in [6, 6.07) is 6.38. The monoisotopic (exact) mass is 307 g/mol. The Bertz CT molecular complexity index is 605. The van der Waals surface area contributed by atoms with E-state index < -0.39 is 10.0 Å². The Kier molecular flexibility index (Phi) is 5.80. The molecule has 0 aliphatic heterocycles. The minimum absolute atomic E-state index is 0.206. The third kappa shape index (κ3) is 4.85. The van der Waals surface area contributed by atoms with Crippen LogP contribution in [0, 0.1) is 17.8 Å². The molecule has 0 radical (unpaired) electrons. The second kappa shape index (κ2) is 7.60. The lowest BCUT2D eigenvalue weighted by Gasteiger charge is -2.10. The highest BCUT2D eigenvalue weighted by Gasteiger charge is 2.17. The van der Waals surface area contributed by atoms with Crippen LogP contribution < -0.4 is 4.72 Å². The molecule has 21 heavy (non-hydrogen) atoms. The summed E-state index contributed by atoms with van der Waals surface area (Å²) in [5.74, 6) is 5.94. The van der Waals surface area contributed by atoms with E-state index in [1.807, 2.05) is 0 Å². The average molecular weight is 307 g/mol. The number of aliphatic hydroxyl groups excluding tert-OH is 1. The molecule has 0 atom stereocenters. The Hall–Kier alpha value is -1.35. The first-order valence-electron chi connectivity index (χ1n) is 7.31. The fourth-order valence-electron chi connectivity index (χ4n) is 2.64. The van der Waals surface area contributed by atoms with E-state index in [2.05, 4.69) is 16.6 Å². The molecule has 0 heterocycles. The van der Waals surface area contributed by atoms with Gasteiger partial charge in [0.05, 0.1) is 4.90 Å². The fraction of sp³-hybridized carbons (Fsp3) is 0.500. The maximum absolute atomic E-state index is 12.1. The van der Waals surface area contributed by atoms with Gasteiger partial charge in [-0.3, -0.25) is 0 Å². The molecule has 0 unspecified atom stereocenters. The molecule has 2 rings (SSSR count). The van der Waals surface area contributed by atoms with E-state index in [1.165, 1.54) is 25.7 Å². The minimum atomic E-state index is -3.44. The lowest BCUT2D eigenvalue weighted by Crippen LogP contribution is -2.25. The van der Waals surface area contributed by atoms with Crippen molar-refractivity contribution in [1.82, 2.24) is 4.72 Å². The van der Waals surface area contributed by atoms with Crippen molar-refractivity contribution in [3.8, 4) is 11.8 Å². The maximum Gasteiger partial charge on any atom is 0.240 e. The maximum atomic E-state index is 12.1. The Balaban J connectivity index is 1.91. The number of aliphatic hydroxyl groups is 1. The van der Waals surface area contributed by atoms with Crippen LogP contribution in [0.3, 0.4) is 0 Å². The molecule has 0 bridgehead atoms. The van der Waals surface area contributed by atoms with Crippen molar-refractivity contribution in [3.05, 3.63) is 29.8 Å². The first kappa shape index (κ1) is 16.0. The Morgan fingerprint density at radius 1 is 1.19 bits per heavy atom. The van der Waals surface area contributed by atoms with Gasteiger partial charge in [-0.05, 0) is 36.6 Å². The molecular weight excluding hydrogens is 286 g/mol. The van der Waals surface area contributed by atoms with Gasteiger partial charge in [-0.2, -0.15) is 0 Å². The molecule has 1 aromatic carbocycles. The van der Waals surface area contributed by atoms with Crippen molar-refractivity contribution < 1.29 is 13.5 Å².